The second kappa shape index (κ2) is 12.1. The second-order valence-corrected chi connectivity index (χ2v) is 10.4. The maximum Gasteiger partial charge on any atom is 0.312 e. The zero-order valence-corrected chi connectivity index (χ0v) is 23.8. The van der Waals surface area contributed by atoms with Crippen molar-refractivity contribution in [1.82, 2.24) is 0 Å². The number of aromatic hydroxyl groups is 4. The third kappa shape index (κ3) is 6.85. The van der Waals surface area contributed by atoms with E-state index in [9.17, 15) is 40.7 Å². The number of hydrogen-bond acceptors (Lipinski definition) is 10. The Morgan fingerprint density at radius 1 is 0.659 bits per heavy atom. The number of phenols is 4. The molecule has 14 heteroatoms. The smallest absolute Gasteiger partial charge is 0.312 e. The number of aliphatic imine (C=N–C) groups is 2. The Balaban J connectivity index is 1.60. The molecule has 0 saturated carbocycles. The Hall–Kier alpha value is -4.82. The van der Waals surface area contributed by atoms with Gasteiger partial charge in [0.1, 0.15) is 22.9 Å². The molecular weight excluding hydrogens is 668 g/mol. The summed E-state index contributed by atoms with van der Waals surface area (Å²) in [5, 5.41) is 63.4. The molecule has 0 radical (unpaired) electrons. The zero-order chi connectivity index (χ0) is 29.8. The quantitative estimate of drug-likeness (QED) is 0.0870. The van der Waals surface area contributed by atoms with E-state index in [1.807, 2.05) is 0 Å². The van der Waals surface area contributed by atoms with Crippen LogP contribution in [0, 0.1) is 20.2 Å². The lowest BCUT2D eigenvalue weighted by Gasteiger charge is -2.08. The molecule has 0 heterocycles. The zero-order valence-electron chi connectivity index (χ0n) is 20.6. The van der Waals surface area contributed by atoms with Crippen LogP contribution in [0.15, 0.2) is 79.6 Å². The molecule has 208 valence electrons. The first-order chi connectivity index (χ1) is 19.4. The Labute approximate surface area is 248 Å². The summed E-state index contributed by atoms with van der Waals surface area (Å²) < 4.78 is 0.723. The van der Waals surface area contributed by atoms with Gasteiger partial charge in [-0.25, -0.2) is 0 Å². The van der Waals surface area contributed by atoms with Crippen LogP contribution in [0.5, 0.6) is 23.0 Å². The number of rotatable bonds is 8. The van der Waals surface area contributed by atoms with Gasteiger partial charge in [0.25, 0.3) is 0 Å². The number of nitro groups is 2. The van der Waals surface area contributed by atoms with Gasteiger partial charge in [-0.15, -0.1) is 0 Å². The van der Waals surface area contributed by atoms with Gasteiger partial charge in [-0.2, -0.15) is 0 Å². The van der Waals surface area contributed by atoms with Crippen molar-refractivity contribution in [2.75, 3.05) is 0 Å². The number of benzene rings is 4. The van der Waals surface area contributed by atoms with Gasteiger partial charge in [-0.05, 0) is 53.9 Å². The van der Waals surface area contributed by atoms with E-state index in [-0.39, 0.29) is 34.0 Å². The molecule has 0 spiro atoms. The summed E-state index contributed by atoms with van der Waals surface area (Å²) in [6.45, 7) is 0. The fourth-order valence-electron chi connectivity index (χ4n) is 3.76. The molecule has 4 aromatic rings. The van der Waals surface area contributed by atoms with Crippen LogP contribution in [0.3, 0.4) is 0 Å². The van der Waals surface area contributed by atoms with Crippen molar-refractivity contribution >= 4 is 67.0 Å². The standard InChI is InChI=1S/C27H18Br2N4O8/c28-18-8-16(26(36)22(10-18)32(38)39)12-30-20-6-14(1-3-24(20)34)5-15-2-4-25(35)21(7-15)31-13-17-9-19(29)11-23(27(17)37)33(40)41/h1-4,6-13,34-37H,5H2. The van der Waals surface area contributed by atoms with Gasteiger partial charge in [-0.3, -0.25) is 30.2 Å². The van der Waals surface area contributed by atoms with Crippen LogP contribution in [0.1, 0.15) is 22.3 Å². The van der Waals surface area contributed by atoms with Gasteiger partial charge in [-0.1, -0.05) is 44.0 Å². The van der Waals surface area contributed by atoms with Crippen molar-refractivity contribution in [2.24, 2.45) is 9.98 Å². The van der Waals surface area contributed by atoms with Gasteiger partial charge in [0.15, 0.2) is 0 Å². The highest BCUT2D eigenvalue weighted by molar-refractivity contribution is 9.10. The minimum absolute atomic E-state index is 0.0683. The number of halogens is 2. The van der Waals surface area contributed by atoms with E-state index in [1.165, 1.54) is 36.7 Å². The predicted octanol–water partition coefficient (Wildman–Crippen LogP) is 6.94. The number of nitrogens with zero attached hydrogens (tertiary/aromatic N) is 4. The van der Waals surface area contributed by atoms with Crippen molar-refractivity contribution < 1.29 is 30.3 Å². The molecule has 0 aliphatic rings. The van der Waals surface area contributed by atoms with Crippen molar-refractivity contribution in [1.29, 1.82) is 0 Å². The lowest BCUT2D eigenvalue weighted by Crippen LogP contribution is -1.93. The Morgan fingerprint density at radius 2 is 1.05 bits per heavy atom. The van der Waals surface area contributed by atoms with Gasteiger partial charge >= 0.3 is 11.4 Å². The van der Waals surface area contributed by atoms with Crippen LogP contribution in [0.25, 0.3) is 0 Å². The molecule has 0 unspecified atom stereocenters. The molecule has 0 saturated heterocycles. The number of hydrogen-bond donors (Lipinski definition) is 4. The first-order valence-corrected chi connectivity index (χ1v) is 13.1. The third-order valence-electron chi connectivity index (χ3n) is 5.73. The molecule has 4 aromatic carbocycles. The molecule has 0 bridgehead atoms. The molecule has 4 N–H and O–H groups in total. The SMILES string of the molecule is O=[N+]([O-])c1cc(Br)cc(C=Nc2cc(Cc3ccc(O)c(N=Cc4cc(Br)cc([N+](=O)[O-])c4O)c3)ccc2O)c1O. The maximum atomic E-state index is 11.2. The van der Waals surface area contributed by atoms with Crippen LogP contribution in [-0.2, 0) is 6.42 Å². The summed E-state index contributed by atoms with van der Waals surface area (Å²) in [6.07, 6.45) is 2.72. The molecule has 0 amide bonds. The molecule has 41 heavy (non-hydrogen) atoms. The van der Waals surface area contributed by atoms with Crippen LogP contribution in [-0.4, -0.2) is 42.7 Å². The van der Waals surface area contributed by atoms with E-state index in [0.29, 0.717) is 26.5 Å². The summed E-state index contributed by atoms with van der Waals surface area (Å²) in [7, 11) is 0. The average Bonchev–Trinajstić information content (AvgIpc) is 2.91. The van der Waals surface area contributed by atoms with Crippen LogP contribution >= 0.6 is 31.9 Å². The van der Waals surface area contributed by atoms with E-state index in [0.717, 1.165) is 12.1 Å². The number of nitro benzene ring substituents is 2. The topological polar surface area (TPSA) is 192 Å². The lowest BCUT2D eigenvalue weighted by atomic mass is 10.0. The molecule has 12 nitrogen and oxygen atoms in total. The highest BCUT2D eigenvalue weighted by Gasteiger charge is 2.19. The fourth-order valence-corrected chi connectivity index (χ4v) is 4.69. The fraction of sp³-hybridized carbons (Fsp3) is 0.0370. The molecule has 4 rings (SSSR count). The summed E-state index contributed by atoms with van der Waals surface area (Å²) in [4.78, 5) is 29.3. The van der Waals surface area contributed by atoms with Crippen molar-refractivity contribution in [3.05, 3.63) is 112 Å². The monoisotopic (exact) mass is 684 g/mol. The van der Waals surface area contributed by atoms with Crippen LogP contribution in [0.2, 0.25) is 0 Å². The summed E-state index contributed by atoms with van der Waals surface area (Å²) in [5.74, 6) is -1.46. The predicted molar refractivity (Wildman–Crippen MR) is 158 cm³/mol. The maximum absolute atomic E-state index is 11.2. The van der Waals surface area contributed by atoms with Gasteiger partial charge in [0.05, 0.1) is 9.85 Å². The molecule has 0 atom stereocenters. The van der Waals surface area contributed by atoms with E-state index in [2.05, 4.69) is 41.8 Å². The third-order valence-corrected chi connectivity index (χ3v) is 6.65. The normalized spacial score (nSPS) is 11.4. The van der Waals surface area contributed by atoms with Crippen LogP contribution in [0.4, 0.5) is 22.7 Å². The Bertz CT molecular complexity index is 1630. The van der Waals surface area contributed by atoms with E-state index in [1.54, 1.807) is 24.3 Å². The molecule has 0 fully saturated rings. The highest BCUT2D eigenvalue weighted by atomic mass is 79.9. The van der Waals surface area contributed by atoms with E-state index < -0.39 is 32.7 Å². The van der Waals surface area contributed by atoms with Crippen molar-refractivity contribution in [3.8, 4) is 23.0 Å². The molecule has 0 aliphatic carbocycles. The summed E-state index contributed by atoms with van der Waals surface area (Å²) in [5.41, 5.74) is 0.843. The number of phenolic OH excluding ortho intramolecular Hbond substituents is 4. The molecular formula is C27H18Br2N4O8. The van der Waals surface area contributed by atoms with Gasteiger partial charge in [0.2, 0.25) is 11.5 Å². The summed E-state index contributed by atoms with van der Waals surface area (Å²) in [6, 6.07) is 14.5. The first kappa shape index (κ1) is 29.2. The minimum Gasteiger partial charge on any atom is -0.506 e. The van der Waals surface area contributed by atoms with Crippen molar-refractivity contribution in [2.45, 2.75) is 6.42 Å². The Morgan fingerprint density at radius 3 is 1.41 bits per heavy atom. The van der Waals surface area contributed by atoms with Crippen molar-refractivity contribution in [3.63, 3.8) is 0 Å². The first-order valence-electron chi connectivity index (χ1n) is 11.5. The van der Waals surface area contributed by atoms with E-state index in [4.69, 9.17) is 0 Å². The highest BCUT2D eigenvalue weighted by Crippen LogP contribution is 2.36. The van der Waals surface area contributed by atoms with Gasteiger partial charge < -0.3 is 20.4 Å². The lowest BCUT2D eigenvalue weighted by molar-refractivity contribution is -0.386. The summed E-state index contributed by atoms with van der Waals surface area (Å²) >= 11 is 6.32. The van der Waals surface area contributed by atoms with E-state index >= 15 is 0 Å². The second-order valence-electron chi connectivity index (χ2n) is 8.58. The molecule has 0 aromatic heterocycles. The average molecular weight is 686 g/mol. The molecule has 0 aliphatic heterocycles. The van der Waals surface area contributed by atoms with Gasteiger partial charge in [0, 0.05) is 44.6 Å². The minimum atomic E-state index is -0.725. The van der Waals surface area contributed by atoms with Crippen LogP contribution < -0.4 is 0 Å². The largest absolute Gasteiger partial charge is 0.506 e. The Kier molecular flexibility index (Phi) is 8.64.